The predicted molar refractivity (Wildman–Crippen MR) is 118 cm³/mol. The molecular weight excluding hydrogens is 356 g/mol. The molecule has 0 aliphatic heterocycles. The highest BCUT2D eigenvalue weighted by molar-refractivity contribution is 5.89. The zero-order chi connectivity index (χ0) is 20.3. The Kier molecular flexibility index (Phi) is 4.38. The summed E-state index contributed by atoms with van der Waals surface area (Å²) in [7, 11) is 2.05. The zero-order valence-electron chi connectivity index (χ0n) is 17.9. The first-order chi connectivity index (χ1) is 13.9. The van der Waals surface area contributed by atoms with Crippen molar-refractivity contribution in [1.29, 1.82) is 0 Å². The SMILES string of the molecule is CC1C(=O)C[C@H](C)Cc2c(-c3ccc4c(c3)c(C3CC3)nn4C)cccc2C1C. The molecule has 150 valence electrons. The van der Waals surface area contributed by atoms with Gasteiger partial charge in [-0.1, -0.05) is 45.0 Å². The largest absolute Gasteiger partial charge is 0.299 e. The first-order valence-corrected chi connectivity index (χ1v) is 11.1. The highest BCUT2D eigenvalue weighted by Gasteiger charge is 2.31. The van der Waals surface area contributed by atoms with Gasteiger partial charge in [0, 0.05) is 30.7 Å². The van der Waals surface area contributed by atoms with Crippen LogP contribution in [0.4, 0.5) is 0 Å². The minimum atomic E-state index is 0.0778. The molecule has 3 aromatic rings. The topological polar surface area (TPSA) is 34.9 Å². The van der Waals surface area contributed by atoms with E-state index in [0.717, 1.165) is 6.42 Å². The van der Waals surface area contributed by atoms with E-state index in [-0.39, 0.29) is 11.8 Å². The third-order valence-corrected chi connectivity index (χ3v) is 7.22. The van der Waals surface area contributed by atoms with Gasteiger partial charge in [-0.05, 0) is 65.5 Å². The Morgan fingerprint density at radius 3 is 2.55 bits per heavy atom. The lowest BCUT2D eigenvalue weighted by molar-refractivity contribution is -0.123. The summed E-state index contributed by atoms with van der Waals surface area (Å²) >= 11 is 0. The van der Waals surface area contributed by atoms with Crippen molar-refractivity contribution in [2.45, 2.75) is 58.3 Å². The number of benzene rings is 2. The van der Waals surface area contributed by atoms with Crippen molar-refractivity contribution in [2.75, 3.05) is 0 Å². The average molecular weight is 387 g/mol. The summed E-state index contributed by atoms with van der Waals surface area (Å²) in [6.07, 6.45) is 4.18. The summed E-state index contributed by atoms with van der Waals surface area (Å²) in [6.45, 7) is 6.54. The molecule has 1 fully saturated rings. The monoisotopic (exact) mass is 386 g/mol. The van der Waals surface area contributed by atoms with Crippen LogP contribution in [0.3, 0.4) is 0 Å². The van der Waals surface area contributed by atoms with Crippen LogP contribution in [-0.2, 0) is 18.3 Å². The number of ketones is 1. The number of hydrogen-bond donors (Lipinski definition) is 0. The minimum Gasteiger partial charge on any atom is -0.299 e. The second-order valence-corrected chi connectivity index (χ2v) is 9.45. The lowest BCUT2D eigenvalue weighted by atomic mass is 9.74. The van der Waals surface area contributed by atoms with Crippen molar-refractivity contribution in [3.8, 4) is 11.1 Å². The van der Waals surface area contributed by atoms with Gasteiger partial charge in [0.05, 0.1) is 11.2 Å². The van der Waals surface area contributed by atoms with E-state index in [0.29, 0.717) is 24.0 Å². The summed E-state index contributed by atoms with van der Waals surface area (Å²) in [5.41, 5.74) is 7.88. The molecule has 3 nitrogen and oxygen atoms in total. The number of Topliss-reactive ketones (excluding diaryl/α,β-unsaturated/α-hetero) is 1. The Bertz CT molecular complexity index is 1110. The maximum absolute atomic E-state index is 12.6. The standard InChI is InChI=1S/C26H30N2O/c1-15-12-22-20(16(2)17(3)25(29)13-15)6-5-7-21(22)19-10-11-24-23(14-19)26(18-8-9-18)27-28(24)4/h5-7,10-11,14-18H,8-9,12-13H2,1-4H3/t15-,16?,17?/m1/s1. The van der Waals surface area contributed by atoms with E-state index in [1.807, 2.05) is 11.7 Å². The first-order valence-electron chi connectivity index (χ1n) is 11.1. The Hall–Kier alpha value is -2.42. The van der Waals surface area contributed by atoms with E-state index >= 15 is 0 Å². The van der Waals surface area contributed by atoms with E-state index in [9.17, 15) is 4.79 Å². The predicted octanol–water partition coefficient (Wildman–Crippen LogP) is 6.01. The zero-order valence-corrected chi connectivity index (χ0v) is 17.9. The van der Waals surface area contributed by atoms with Crippen molar-refractivity contribution in [1.82, 2.24) is 9.78 Å². The second-order valence-electron chi connectivity index (χ2n) is 9.45. The van der Waals surface area contributed by atoms with Gasteiger partial charge < -0.3 is 0 Å². The van der Waals surface area contributed by atoms with Crippen LogP contribution in [0, 0.1) is 11.8 Å². The summed E-state index contributed by atoms with van der Waals surface area (Å²) in [4.78, 5) is 12.6. The van der Waals surface area contributed by atoms with Gasteiger partial charge in [0.15, 0.2) is 0 Å². The third kappa shape index (κ3) is 3.11. The van der Waals surface area contributed by atoms with Gasteiger partial charge in [0.25, 0.3) is 0 Å². The molecule has 0 N–H and O–H groups in total. The molecule has 2 unspecified atom stereocenters. The quantitative estimate of drug-likeness (QED) is 0.541. The van der Waals surface area contributed by atoms with Crippen molar-refractivity contribution in [3.63, 3.8) is 0 Å². The fraction of sp³-hybridized carbons (Fsp3) is 0.462. The molecule has 2 aliphatic rings. The van der Waals surface area contributed by atoms with Gasteiger partial charge >= 0.3 is 0 Å². The van der Waals surface area contributed by atoms with Gasteiger partial charge in [-0.3, -0.25) is 9.48 Å². The van der Waals surface area contributed by atoms with Crippen LogP contribution in [0.25, 0.3) is 22.0 Å². The van der Waals surface area contributed by atoms with Crippen LogP contribution in [0.1, 0.15) is 68.7 Å². The summed E-state index contributed by atoms with van der Waals surface area (Å²) in [6, 6.07) is 13.5. The van der Waals surface area contributed by atoms with E-state index in [1.165, 1.54) is 51.7 Å². The van der Waals surface area contributed by atoms with Gasteiger partial charge in [-0.15, -0.1) is 0 Å². The van der Waals surface area contributed by atoms with Crippen LogP contribution in [-0.4, -0.2) is 15.6 Å². The molecule has 0 amide bonds. The van der Waals surface area contributed by atoms with E-state index in [4.69, 9.17) is 5.10 Å². The van der Waals surface area contributed by atoms with Gasteiger partial charge in [-0.25, -0.2) is 0 Å². The lowest BCUT2D eigenvalue weighted by Gasteiger charge is -2.29. The number of nitrogens with zero attached hydrogens (tertiary/aromatic N) is 2. The fourth-order valence-corrected chi connectivity index (χ4v) is 5.15. The molecule has 3 heteroatoms. The third-order valence-electron chi connectivity index (χ3n) is 7.22. The normalized spacial score (nSPS) is 25.0. The summed E-state index contributed by atoms with van der Waals surface area (Å²) in [5.74, 6) is 1.76. The molecule has 0 radical (unpaired) electrons. The highest BCUT2D eigenvalue weighted by Crippen LogP contribution is 2.44. The molecule has 2 aromatic carbocycles. The molecule has 1 heterocycles. The molecule has 0 bridgehead atoms. The average Bonchev–Trinajstić information content (AvgIpc) is 3.50. The van der Waals surface area contributed by atoms with Gasteiger partial charge in [0.2, 0.25) is 0 Å². The molecule has 3 atom stereocenters. The van der Waals surface area contributed by atoms with Gasteiger partial charge in [-0.2, -0.15) is 5.10 Å². The highest BCUT2D eigenvalue weighted by atomic mass is 16.1. The van der Waals surface area contributed by atoms with E-state index in [1.54, 1.807) is 0 Å². The van der Waals surface area contributed by atoms with Crippen LogP contribution in [0.2, 0.25) is 0 Å². The van der Waals surface area contributed by atoms with Crippen LogP contribution in [0.5, 0.6) is 0 Å². The van der Waals surface area contributed by atoms with Crippen molar-refractivity contribution in [3.05, 3.63) is 53.2 Å². The Labute approximate surface area is 173 Å². The molecule has 1 saturated carbocycles. The molecule has 0 spiro atoms. The Morgan fingerprint density at radius 2 is 1.79 bits per heavy atom. The maximum Gasteiger partial charge on any atom is 0.136 e. The number of rotatable bonds is 2. The number of aromatic nitrogens is 2. The van der Waals surface area contributed by atoms with Crippen molar-refractivity contribution in [2.24, 2.45) is 18.9 Å². The molecule has 0 saturated heterocycles. The molecule has 2 aliphatic carbocycles. The number of carbonyl (C=O) groups excluding carboxylic acids is 1. The number of hydrogen-bond acceptors (Lipinski definition) is 2. The van der Waals surface area contributed by atoms with E-state index < -0.39 is 0 Å². The maximum atomic E-state index is 12.6. The minimum absolute atomic E-state index is 0.0778. The Balaban J connectivity index is 1.67. The number of carbonyl (C=O) groups is 1. The van der Waals surface area contributed by atoms with Crippen molar-refractivity contribution < 1.29 is 4.79 Å². The summed E-state index contributed by atoms with van der Waals surface area (Å²) < 4.78 is 2.03. The first kappa shape index (κ1) is 18.6. The second kappa shape index (κ2) is 6.83. The number of aryl methyl sites for hydroxylation is 1. The Morgan fingerprint density at radius 1 is 1.00 bits per heavy atom. The number of fused-ring (bicyclic) bond motifs is 2. The smallest absolute Gasteiger partial charge is 0.136 e. The van der Waals surface area contributed by atoms with Crippen LogP contribution < -0.4 is 0 Å². The van der Waals surface area contributed by atoms with Crippen LogP contribution >= 0.6 is 0 Å². The van der Waals surface area contributed by atoms with Crippen LogP contribution in [0.15, 0.2) is 36.4 Å². The van der Waals surface area contributed by atoms with Gasteiger partial charge in [0.1, 0.15) is 5.78 Å². The summed E-state index contributed by atoms with van der Waals surface area (Å²) in [5, 5.41) is 6.13. The van der Waals surface area contributed by atoms with Crippen molar-refractivity contribution >= 4 is 16.7 Å². The lowest BCUT2D eigenvalue weighted by Crippen LogP contribution is -2.24. The molecule has 29 heavy (non-hydrogen) atoms. The van der Waals surface area contributed by atoms with E-state index in [2.05, 4.69) is 57.2 Å². The molecule has 1 aromatic heterocycles. The molecule has 5 rings (SSSR count). The fourth-order valence-electron chi connectivity index (χ4n) is 5.15. The molecular formula is C26H30N2O.